The fourth-order valence-electron chi connectivity index (χ4n) is 5.13. The van der Waals surface area contributed by atoms with Gasteiger partial charge in [-0.1, -0.05) is 12.0 Å². The Kier molecular flexibility index (Phi) is 10.9. The Balaban J connectivity index is 1.49. The maximum atomic E-state index is 13.6. The molecule has 1 aromatic heterocycles. The van der Waals surface area contributed by atoms with Crippen molar-refractivity contribution in [2.45, 2.75) is 42.6 Å². The molecule has 11 nitrogen and oxygen atoms in total. The van der Waals surface area contributed by atoms with Crippen LogP contribution in [0, 0.1) is 11.8 Å². The second-order valence-electron chi connectivity index (χ2n) is 10.8. The number of urea groups is 1. The van der Waals surface area contributed by atoms with Crippen molar-refractivity contribution >= 4 is 38.1 Å². The number of ether oxygens (including phenoxy) is 1. The number of aromatic nitrogens is 1. The smallest absolute Gasteiger partial charge is 0.406 e. The number of sulfone groups is 1. The van der Waals surface area contributed by atoms with Gasteiger partial charge in [-0.25, -0.2) is 13.2 Å². The summed E-state index contributed by atoms with van der Waals surface area (Å²) in [5.74, 6) is 5.86. The van der Waals surface area contributed by atoms with E-state index in [0.717, 1.165) is 10.8 Å². The topological polar surface area (TPSA) is 145 Å². The summed E-state index contributed by atoms with van der Waals surface area (Å²) in [6.07, 6.45) is -3.00. The molecule has 1 atom stereocenters. The highest BCUT2D eigenvalue weighted by atomic mass is 32.2. The van der Waals surface area contributed by atoms with E-state index in [0.29, 0.717) is 49.2 Å². The van der Waals surface area contributed by atoms with Gasteiger partial charge >= 0.3 is 12.2 Å². The molecule has 1 fully saturated rings. The lowest BCUT2D eigenvalue weighted by Crippen LogP contribution is -2.47. The predicted molar refractivity (Wildman–Crippen MR) is 164 cm³/mol. The highest BCUT2D eigenvalue weighted by molar-refractivity contribution is 7.90. The molecule has 2 heterocycles. The van der Waals surface area contributed by atoms with E-state index in [-0.39, 0.29) is 41.0 Å². The number of carbonyl (C=O) groups is 1. The van der Waals surface area contributed by atoms with Crippen LogP contribution < -0.4 is 20.7 Å². The summed E-state index contributed by atoms with van der Waals surface area (Å²) in [7, 11) is -2.06. The van der Waals surface area contributed by atoms with E-state index in [9.17, 15) is 31.5 Å². The maximum Gasteiger partial charge on any atom is 0.406 e. The molecule has 0 spiro atoms. The third kappa shape index (κ3) is 9.27. The van der Waals surface area contributed by atoms with Crippen LogP contribution in [0.1, 0.15) is 18.5 Å². The molecular formula is C30H36F3N5O6S. The molecule has 1 aliphatic rings. The van der Waals surface area contributed by atoms with E-state index in [4.69, 9.17) is 9.84 Å². The minimum Gasteiger partial charge on any atom is -0.495 e. The zero-order valence-electron chi connectivity index (χ0n) is 24.8. The first kappa shape index (κ1) is 33.9. The number of hydrogen-bond acceptors (Lipinski definition) is 8. The molecule has 4 rings (SSSR count). The van der Waals surface area contributed by atoms with E-state index in [2.05, 4.69) is 27.8 Å². The number of hydrogen-bond donors (Lipinski definition) is 5. The number of fused-ring (bicyclic) bond motifs is 1. The van der Waals surface area contributed by atoms with Crippen LogP contribution in [0.3, 0.4) is 0 Å². The Morgan fingerprint density at radius 2 is 1.89 bits per heavy atom. The number of nitrogens with zero attached hydrogens (tertiary/aromatic N) is 2. The van der Waals surface area contributed by atoms with E-state index in [1.165, 1.54) is 37.4 Å². The van der Waals surface area contributed by atoms with Crippen molar-refractivity contribution < 1.29 is 41.3 Å². The summed E-state index contributed by atoms with van der Waals surface area (Å²) in [5.41, 5.74) is 1.12. The Bertz CT molecular complexity index is 1670. The van der Waals surface area contributed by atoms with Crippen molar-refractivity contribution in [1.29, 1.82) is 0 Å². The molecule has 45 heavy (non-hydrogen) atoms. The summed E-state index contributed by atoms with van der Waals surface area (Å²) in [4.78, 5) is 14.9. The van der Waals surface area contributed by atoms with Crippen LogP contribution in [0.15, 0.2) is 47.4 Å². The molecule has 0 bridgehead atoms. The van der Waals surface area contributed by atoms with Gasteiger partial charge in [-0.05, 0) is 49.1 Å². The molecule has 244 valence electrons. The summed E-state index contributed by atoms with van der Waals surface area (Å²) >= 11 is 0. The Hall–Kier alpha value is -3.97. The molecule has 3 aromatic rings. The van der Waals surface area contributed by atoms with E-state index >= 15 is 0 Å². The number of carbonyl (C=O) groups excluding carboxylic acids is 1. The largest absolute Gasteiger partial charge is 0.495 e. The second-order valence-corrected chi connectivity index (χ2v) is 12.8. The van der Waals surface area contributed by atoms with Crippen LogP contribution in [-0.2, 0) is 16.4 Å². The molecule has 15 heteroatoms. The third-order valence-electron chi connectivity index (χ3n) is 7.32. The Morgan fingerprint density at radius 3 is 2.53 bits per heavy atom. The molecule has 0 saturated carbocycles. The normalized spacial score (nSPS) is 15.3. The van der Waals surface area contributed by atoms with Crippen molar-refractivity contribution in [1.82, 2.24) is 14.8 Å². The first-order valence-corrected chi connectivity index (χ1v) is 16.0. The Morgan fingerprint density at radius 1 is 1.16 bits per heavy atom. The number of amides is 2. The van der Waals surface area contributed by atoms with Gasteiger partial charge in [-0.2, -0.15) is 13.2 Å². The standard InChI is InChI=1S/C30H36F3N5O6S/c1-44-28-16-23(45(2,42)43)8-9-26(28)34-12-4-5-21-15-24-25(6-3-7-27(24)38(21)19-30(31,32)33)36-29(41)35-20-10-13-37(14-11-20)17-22(40)18-39/h3,6-9,15-16,20,22,34,39-40H,10-14,17-19H2,1-2H3,(H2,35,36,41). The van der Waals surface area contributed by atoms with Crippen molar-refractivity contribution in [3.63, 3.8) is 0 Å². The molecule has 1 aliphatic heterocycles. The van der Waals surface area contributed by atoms with Crippen molar-refractivity contribution in [2.75, 3.05) is 56.8 Å². The molecule has 2 amide bonds. The summed E-state index contributed by atoms with van der Waals surface area (Å²) in [6, 6.07) is 9.85. The van der Waals surface area contributed by atoms with Crippen LogP contribution in [0.4, 0.5) is 29.3 Å². The number of nitrogens with one attached hydrogen (secondary N) is 3. The second kappa shape index (κ2) is 14.4. The van der Waals surface area contributed by atoms with Gasteiger partial charge in [0.05, 0.1) is 53.8 Å². The number of rotatable bonds is 10. The summed E-state index contributed by atoms with van der Waals surface area (Å²) in [6.45, 7) is 0.0300. The molecule has 5 N–H and O–H groups in total. The van der Waals surface area contributed by atoms with Gasteiger partial charge in [-0.3, -0.25) is 0 Å². The number of β-amino-alcohol motifs (C(OH)–C–C–N with tert-alkyl or cyclic N) is 1. The average Bonchev–Trinajstić information content (AvgIpc) is 3.32. The number of piperidine rings is 1. The molecule has 0 radical (unpaired) electrons. The van der Waals surface area contributed by atoms with Gasteiger partial charge in [0.15, 0.2) is 9.84 Å². The molecule has 2 aromatic carbocycles. The number of likely N-dealkylation sites (tertiary alicyclic amines) is 1. The minimum absolute atomic E-state index is 0.0212. The molecule has 1 unspecified atom stereocenters. The van der Waals surface area contributed by atoms with Crippen molar-refractivity contribution in [3.8, 4) is 17.6 Å². The van der Waals surface area contributed by atoms with E-state index < -0.39 is 34.7 Å². The molecule has 0 aliphatic carbocycles. The van der Waals surface area contributed by atoms with Crippen molar-refractivity contribution in [3.05, 3.63) is 48.2 Å². The number of aliphatic hydroxyl groups is 2. The number of benzene rings is 2. The van der Waals surface area contributed by atoms with E-state index in [1.54, 1.807) is 12.1 Å². The first-order chi connectivity index (χ1) is 21.3. The number of methoxy groups -OCH3 is 1. The summed E-state index contributed by atoms with van der Waals surface area (Å²) < 4.78 is 70.7. The molecule has 1 saturated heterocycles. The van der Waals surface area contributed by atoms with Crippen LogP contribution in [0.25, 0.3) is 10.9 Å². The zero-order valence-corrected chi connectivity index (χ0v) is 25.6. The monoisotopic (exact) mass is 651 g/mol. The fourth-order valence-corrected chi connectivity index (χ4v) is 5.76. The van der Waals surface area contributed by atoms with Crippen molar-refractivity contribution in [2.24, 2.45) is 0 Å². The summed E-state index contributed by atoms with van der Waals surface area (Å²) in [5, 5.41) is 27.7. The lowest BCUT2D eigenvalue weighted by Gasteiger charge is -2.33. The number of alkyl halides is 3. The highest BCUT2D eigenvalue weighted by Gasteiger charge is 2.30. The lowest BCUT2D eigenvalue weighted by molar-refractivity contribution is -0.140. The number of halogens is 3. The van der Waals surface area contributed by atoms with Gasteiger partial charge in [0.25, 0.3) is 0 Å². The van der Waals surface area contributed by atoms with Crippen LogP contribution in [0.2, 0.25) is 0 Å². The van der Waals surface area contributed by atoms with Crippen LogP contribution in [-0.4, -0.2) is 98.6 Å². The van der Waals surface area contributed by atoms with Gasteiger partial charge in [0.2, 0.25) is 0 Å². The Labute approximate surface area is 259 Å². The quantitative estimate of drug-likeness (QED) is 0.211. The average molecular weight is 652 g/mol. The van der Waals surface area contributed by atoms with Gasteiger partial charge in [0.1, 0.15) is 12.3 Å². The fraction of sp³-hybridized carbons (Fsp3) is 0.433. The first-order valence-electron chi connectivity index (χ1n) is 14.2. The number of anilines is 2. The van der Waals surface area contributed by atoms with Gasteiger partial charge in [0, 0.05) is 43.4 Å². The van der Waals surface area contributed by atoms with E-state index in [1.807, 2.05) is 4.90 Å². The van der Waals surface area contributed by atoms with Crippen LogP contribution in [0.5, 0.6) is 5.75 Å². The number of aliphatic hydroxyl groups excluding tert-OH is 2. The SMILES string of the molecule is COc1cc(S(C)(=O)=O)ccc1NCC#Cc1cc2c(NC(=O)NC3CCN(CC(O)CO)CC3)cccc2n1CC(F)(F)F. The highest BCUT2D eigenvalue weighted by Crippen LogP contribution is 2.31. The van der Waals surface area contributed by atoms with Gasteiger partial charge < -0.3 is 40.4 Å². The van der Waals surface area contributed by atoms with Crippen LogP contribution >= 0.6 is 0 Å². The minimum atomic E-state index is -4.53. The maximum absolute atomic E-state index is 13.6. The zero-order chi connectivity index (χ0) is 32.8. The van der Waals surface area contributed by atoms with Gasteiger partial charge in [-0.15, -0.1) is 0 Å². The molecular weight excluding hydrogens is 615 g/mol. The lowest BCUT2D eigenvalue weighted by atomic mass is 10.0. The third-order valence-corrected chi connectivity index (χ3v) is 8.43. The predicted octanol–water partition coefficient (Wildman–Crippen LogP) is 3.02.